The molecule has 0 atom stereocenters. The molecule has 1 saturated carbocycles. The summed E-state index contributed by atoms with van der Waals surface area (Å²) in [6.45, 7) is 2.82. The summed E-state index contributed by atoms with van der Waals surface area (Å²) in [6.07, 6.45) is 2.40. The number of ether oxygens (including phenoxy) is 1. The molecule has 0 radical (unpaired) electrons. The Bertz CT molecular complexity index is 386. The summed E-state index contributed by atoms with van der Waals surface area (Å²) in [5.41, 5.74) is 8.62. The normalized spacial score (nSPS) is 27.6. The van der Waals surface area contributed by atoms with Crippen molar-refractivity contribution in [3.05, 3.63) is 29.8 Å². The minimum absolute atomic E-state index is 0.0762. The number of anilines is 1. The third-order valence-electron chi connectivity index (χ3n) is 4.12. The van der Waals surface area contributed by atoms with Crippen LogP contribution < -0.4 is 10.6 Å². The van der Waals surface area contributed by atoms with Crippen LogP contribution in [0.2, 0.25) is 0 Å². The number of methoxy groups -OCH3 is 1. The van der Waals surface area contributed by atoms with Crippen LogP contribution in [0.3, 0.4) is 0 Å². The van der Waals surface area contributed by atoms with E-state index in [1.807, 2.05) is 0 Å². The van der Waals surface area contributed by atoms with Gasteiger partial charge in [-0.15, -0.1) is 0 Å². The van der Waals surface area contributed by atoms with E-state index >= 15 is 0 Å². The molecule has 3 nitrogen and oxygen atoms in total. The summed E-state index contributed by atoms with van der Waals surface area (Å²) in [6, 6.07) is 8.45. The molecule has 0 amide bonds. The maximum atomic E-state index is 5.98. The highest BCUT2D eigenvalue weighted by atomic mass is 16.5. The number of likely N-dealkylation sites (N-methyl/N-ethyl adjacent to an activating group) is 1. The minimum Gasteiger partial charge on any atom is -0.381 e. The first-order valence-corrected chi connectivity index (χ1v) is 6.15. The molecule has 1 aliphatic rings. The van der Waals surface area contributed by atoms with Crippen molar-refractivity contribution < 1.29 is 4.74 Å². The van der Waals surface area contributed by atoms with E-state index in [1.165, 1.54) is 11.3 Å². The van der Waals surface area contributed by atoms with Crippen LogP contribution in [0, 0.1) is 6.92 Å². The minimum atomic E-state index is 0.0762. The molecule has 2 rings (SSSR count). The van der Waals surface area contributed by atoms with Gasteiger partial charge in [0.2, 0.25) is 0 Å². The lowest BCUT2D eigenvalue weighted by Gasteiger charge is -2.53. The molecular weight excluding hydrogens is 212 g/mol. The van der Waals surface area contributed by atoms with Crippen LogP contribution in [0.15, 0.2) is 24.3 Å². The largest absolute Gasteiger partial charge is 0.381 e. The predicted octanol–water partition coefficient (Wildman–Crippen LogP) is 1.94. The number of benzene rings is 1. The molecule has 0 saturated heterocycles. The van der Waals surface area contributed by atoms with Crippen molar-refractivity contribution in [3.8, 4) is 0 Å². The molecule has 0 unspecified atom stereocenters. The van der Waals surface area contributed by atoms with Crippen LogP contribution >= 0.6 is 0 Å². The second-order valence-corrected chi connectivity index (χ2v) is 5.04. The molecule has 2 N–H and O–H groups in total. The number of hydrogen-bond donors (Lipinski definition) is 1. The van der Waals surface area contributed by atoms with Crippen LogP contribution in [0.25, 0.3) is 0 Å². The number of nitrogens with two attached hydrogens (primary N) is 1. The Labute approximate surface area is 104 Å². The third kappa shape index (κ3) is 2.05. The van der Waals surface area contributed by atoms with Crippen LogP contribution in [-0.4, -0.2) is 32.3 Å². The van der Waals surface area contributed by atoms with E-state index in [4.69, 9.17) is 10.5 Å². The predicted molar refractivity (Wildman–Crippen MR) is 71.4 cm³/mol. The zero-order valence-electron chi connectivity index (χ0n) is 10.9. The van der Waals surface area contributed by atoms with Gasteiger partial charge in [0.05, 0.1) is 11.6 Å². The van der Waals surface area contributed by atoms with Crippen LogP contribution in [0.1, 0.15) is 18.4 Å². The van der Waals surface area contributed by atoms with Crippen molar-refractivity contribution in [3.63, 3.8) is 0 Å². The molecule has 0 spiro atoms. The number of hydrogen-bond acceptors (Lipinski definition) is 3. The summed E-state index contributed by atoms with van der Waals surface area (Å²) < 4.78 is 5.38. The lowest BCUT2D eigenvalue weighted by molar-refractivity contribution is -0.0123. The Morgan fingerprint density at radius 1 is 1.41 bits per heavy atom. The van der Waals surface area contributed by atoms with Crippen LogP contribution in [0.5, 0.6) is 0 Å². The first-order chi connectivity index (χ1) is 8.13. The molecule has 1 aliphatic carbocycles. The van der Waals surface area contributed by atoms with Gasteiger partial charge >= 0.3 is 0 Å². The molecule has 94 valence electrons. The van der Waals surface area contributed by atoms with Crippen LogP contribution in [0.4, 0.5) is 5.69 Å². The second kappa shape index (κ2) is 4.67. The standard InChI is InChI=1S/C14H22N2O/c1-11-6-4-5-7-13(11)16(2)14(10-15)8-12(9-14)17-3/h4-7,12H,8-10,15H2,1-3H3. The maximum absolute atomic E-state index is 5.98. The number of rotatable bonds is 4. The van der Waals surface area contributed by atoms with Crippen molar-refractivity contribution in [1.82, 2.24) is 0 Å². The molecular formula is C14H22N2O. The van der Waals surface area contributed by atoms with Gasteiger partial charge in [0.15, 0.2) is 0 Å². The Hall–Kier alpha value is -1.06. The first kappa shape index (κ1) is 12.4. The fourth-order valence-corrected chi connectivity index (χ4v) is 2.73. The van der Waals surface area contributed by atoms with E-state index in [0.29, 0.717) is 12.6 Å². The monoisotopic (exact) mass is 234 g/mol. The van der Waals surface area contributed by atoms with Crippen molar-refractivity contribution in [2.24, 2.45) is 5.73 Å². The van der Waals surface area contributed by atoms with Gasteiger partial charge in [-0.25, -0.2) is 0 Å². The van der Waals surface area contributed by atoms with E-state index in [0.717, 1.165) is 12.8 Å². The second-order valence-electron chi connectivity index (χ2n) is 5.04. The highest BCUT2D eigenvalue weighted by Crippen LogP contribution is 2.41. The van der Waals surface area contributed by atoms with Gasteiger partial charge in [0.25, 0.3) is 0 Å². The number of para-hydroxylation sites is 1. The average Bonchev–Trinajstić information content (AvgIpc) is 2.29. The fraction of sp³-hybridized carbons (Fsp3) is 0.571. The molecule has 0 bridgehead atoms. The van der Waals surface area contributed by atoms with Crippen LogP contribution in [-0.2, 0) is 4.74 Å². The summed E-state index contributed by atoms with van der Waals surface area (Å²) >= 11 is 0. The lowest BCUT2D eigenvalue weighted by atomic mass is 9.72. The van der Waals surface area contributed by atoms with Crippen molar-refractivity contribution in [1.29, 1.82) is 0 Å². The van der Waals surface area contributed by atoms with E-state index in [2.05, 4.69) is 43.1 Å². The van der Waals surface area contributed by atoms with Gasteiger partial charge < -0.3 is 15.4 Å². The molecule has 1 fully saturated rings. The summed E-state index contributed by atoms with van der Waals surface area (Å²) in [5.74, 6) is 0. The zero-order chi connectivity index (χ0) is 12.5. The molecule has 0 aliphatic heterocycles. The zero-order valence-corrected chi connectivity index (χ0v) is 10.9. The molecule has 0 aromatic heterocycles. The first-order valence-electron chi connectivity index (χ1n) is 6.15. The smallest absolute Gasteiger partial charge is 0.0617 e. The van der Waals surface area contributed by atoms with Crippen molar-refractivity contribution in [2.45, 2.75) is 31.4 Å². The van der Waals surface area contributed by atoms with Gasteiger partial charge in [-0.05, 0) is 31.4 Å². The Morgan fingerprint density at radius 2 is 2.06 bits per heavy atom. The average molecular weight is 234 g/mol. The van der Waals surface area contributed by atoms with Gasteiger partial charge in [-0.2, -0.15) is 0 Å². The topological polar surface area (TPSA) is 38.5 Å². The summed E-state index contributed by atoms with van der Waals surface area (Å²) in [4.78, 5) is 2.33. The van der Waals surface area contributed by atoms with E-state index in [1.54, 1.807) is 7.11 Å². The SMILES string of the molecule is COC1CC(CN)(N(C)c2ccccc2C)C1. The molecule has 17 heavy (non-hydrogen) atoms. The fourth-order valence-electron chi connectivity index (χ4n) is 2.73. The third-order valence-corrected chi connectivity index (χ3v) is 4.12. The number of aryl methyl sites for hydroxylation is 1. The van der Waals surface area contributed by atoms with Gasteiger partial charge in [-0.1, -0.05) is 18.2 Å². The highest BCUT2D eigenvalue weighted by Gasteiger charge is 2.46. The van der Waals surface area contributed by atoms with Gasteiger partial charge in [0.1, 0.15) is 0 Å². The van der Waals surface area contributed by atoms with E-state index in [-0.39, 0.29) is 5.54 Å². The van der Waals surface area contributed by atoms with Crippen molar-refractivity contribution in [2.75, 3.05) is 25.6 Å². The molecule has 3 heteroatoms. The lowest BCUT2D eigenvalue weighted by Crippen LogP contribution is -2.63. The van der Waals surface area contributed by atoms with E-state index in [9.17, 15) is 0 Å². The summed E-state index contributed by atoms with van der Waals surface area (Å²) in [7, 11) is 3.92. The quantitative estimate of drug-likeness (QED) is 0.865. The summed E-state index contributed by atoms with van der Waals surface area (Å²) in [5, 5.41) is 0. The van der Waals surface area contributed by atoms with Gasteiger partial charge in [0, 0.05) is 26.4 Å². The van der Waals surface area contributed by atoms with Crippen molar-refractivity contribution >= 4 is 5.69 Å². The molecule has 1 aromatic rings. The Morgan fingerprint density at radius 3 is 2.59 bits per heavy atom. The van der Waals surface area contributed by atoms with E-state index < -0.39 is 0 Å². The Kier molecular flexibility index (Phi) is 3.40. The number of nitrogens with zero attached hydrogens (tertiary/aromatic N) is 1. The maximum Gasteiger partial charge on any atom is 0.0617 e. The molecule has 0 heterocycles. The highest BCUT2D eigenvalue weighted by molar-refractivity contribution is 5.55. The van der Waals surface area contributed by atoms with Gasteiger partial charge in [-0.3, -0.25) is 0 Å². The molecule has 1 aromatic carbocycles. The Balaban J connectivity index is 2.19.